The van der Waals surface area contributed by atoms with Gasteiger partial charge in [0.25, 0.3) is 0 Å². The Labute approximate surface area is 113 Å². The van der Waals surface area contributed by atoms with Crippen LogP contribution in [0.25, 0.3) is 0 Å². The molecule has 2 amide bonds. The highest BCUT2D eigenvalue weighted by atomic mass is 16.6. The van der Waals surface area contributed by atoms with Gasteiger partial charge in [0.15, 0.2) is 0 Å². The molecule has 2 rings (SSSR count). The van der Waals surface area contributed by atoms with Gasteiger partial charge in [-0.2, -0.15) is 0 Å². The van der Waals surface area contributed by atoms with Crippen LogP contribution in [0.4, 0.5) is 4.79 Å². The molecule has 2 heterocycles. The molecular formula is C13H23N3O3. The number of amides is 2. The van der Waals surface area contributed by atoms with Crippen LogP contribution < -0.4 is 5.73 Å². The number of ether oxygens (including phenoxy) is 1. The van der Waals surface area contributed by atoms with Gasteiger partial charge in [0.05, 0.1) is 0 Å². The average Bonchev–Trinajstić information content (AvgIpc) is 2.82. The topological polar surface area (TPSA) is 75.9 Å². The van der Waals surface area contributed by atoms with Crippen molar-refractivity contribution in [1.29, 1.82) is 0 Å². The minimum atomic E-state index is -0.454. The molecule has 2 atom stereocenters. The lowest BCUT2D eigenvalue weighted by Crippen LogP contribution is -2.50. The van der Waals surface area contributed by atoms with Gasteiger partial charge < -0.3 is 15.4 Å². The van der Waals surface area contributed by atoms with E-state index in [4.69, 9.17) is 10.5 Å². The molecule has 0 aromatic carbocycles. The Morgan fingerprint density at radius 1 is 1.26 bits per heavy atom. The van der Waals surface area contributed by atoms with Gasteiger partial charge in [-0.1, -0.05) is 0 Å². The molecule has 0 saturated carbocycles. The molecule has 0 aromatic heterocycles. The van der Waals surface area contributed by atoms with E-state index in [1.807, 2.05) is 25.7 Å². The van der Waals surface area contributed by atoms with E-state index < -0.39 is 5.60 Å². The number of piperazine rings is 1. The Morgan fingerprint density at radius 2 is 1.95 bits per heavy atom. The molecule has 19 heavy (non-hydrogen) atoms. The minimum absolute atomic E-state index is 0.215. The van der Waals surface area contributed by atoms with Crippen molar-refractivity contribution in [2.24, 2.45) is 5.73 Å². The zero-order valence-electron chi connectivity index (χ0n) is 11.9. The molecule has 0 unspecified atom stereocenters. The molecular weight excluding hydrogens is 246 g/mol. The molecule has 0 aromatic rings. The maximum absolute atomic E-state index is 12.0. The van der Waals surface area contributed by atoms with Gasteiger partial charge in [0, 0.05) is 38.1 Å². The first-order valence-corrected chi connectivity index (χ1v) is 6.78. The number of hydrogen-bond acceptors (Lipinski definition) is 4. The molecule has 0 spiro atoms. The second kappa shape index (κ2) is 5.00. The molecule has 0 radical (unpaired) electrons. The quantitative estimate of drug-likeness (QED) is 0.812. The maximum Gasteiger partial charge on any atom is 0.410 e. The van der Waals surface area contributed by atoms with Crippen LogP contribution in [0.2, 0.25) is 0 Å². The van der Waals surface area contributed by atoms with Crippen LogP contribution >= 0.6 is 0 Å². The Hall–Kier alpha value is -1.30. The van der Waals surface area contributed by atoms with Crippen LogP contribution in [-0.2, 0) is 9.53 Å². The van der Waals surface area contributed by atoms with E-state index in [0.717, 1.165) is 13.0 Å². The number of carbonyl (C=O) groups is 2. The van der Waals surface area contributed by atoms with Crippen LogP contribution in [0.15, 0.2) is 0 Å². The third kappa shape index (κ3) is 3.37. The number of nitrogens with two attached hydrogens (primary N) is 1. The highest BCUT2D eigenvalue weighted by molar-refractivity contribution is 5.74. The molecule has 2 aliphatic heterocycles. The number of rotatable bonds is 3. The van der Waals surface area contributed by atoms with Gasteiger partial charge in [-0.05, 0) is 27.2 Å². The highest BCUT2D eigenvalue weighted by Gasteiger charge is 2.46. The number of primary amides is 1. The first-order chi connectivity index (χ1) is 8.76. The lowest BCUT2D eigenvalue weighted by molar-refractivity contribution is -0.118. The van der Waals surface area contributed by atoms with E-state index in [0.29, 0.717) is 25.6 Å². The van der Waals surface area contributed by atoms with Crippen molar-refractivity contribution in [2.75, 3.05) is 19.6 Å². The second-order valence-electron chi connectivity index (χ2n) is 6.39. The number of likely N-dealkylation sites (tertiary alicyclic amines) is 2. The first-order valence-electron chi connectivity index (χ1n) is 6.78. The standard InChI is InChI=1S/C13H23N3O3/c1-13(2,3)19-12(18)16-8-9-6-10(16)7-15(9)5-4-11(14)17/h9-10H,4-8H2,1-3H3,(H2,14,17)/t9-,10-/m0/s1. The molecule has 2 aliphatic rings. The monoisotopic (exact) mass is 269 g/mol. The van der Waals surface area contributed by atoms with E-state index >= 15 is 0 Å². The van der Waals surface area contributed by atoms with Crippen molar-refractivity contribution in [3.8, 4) is 0 Å². The Bertz CT molecular complexity index is 378. The summed E-state index contributed by atoms with van der Waals surface area (Å²) >= 11 is 0. The largest absolute Gasteiger partial charge is 0.444 e. The van der Waals surface area contributed by atoms with Gasteiger partial charge in [-0.3, -0.25) is 9.69 Å². The molecule has 2 bridgehead atoms. The summed E-state index contributed by atoms with van der Waals surface area (Å²) in [7, 11) is 0. The summed E-state index contributed by atoms with van der Waals surface area (Å²) in [6.07, 6.45) is 1.13. The fourth-order valence-corrected chi connectivity index (χ4v) is 2.82. The second-order valence-corrected chi connectivity index (χ2v) is 6.39. The molecule has 0 aliphatic carbocycles. The molecule has 2 N–H and O–H groups in total. The van der Waals surface area contributed by atoms with Gasteiger partial charge in [-0.15, -0.1) is 0 Å². The lowest BCUT2D eigenvalue weighted by atomic mass is 10.2. The van der Waals surface area contributed by atoms with Crippen molar-refractivity contribution in [2.45, 2.75) is 51.3 Å². The van der Waals surface area contributed by atoms with E-state index in [-0.39, 0.29) is 18.0 Å². The molecule has 2 fully saturated rings. The summed E-state index contributed by atoms with van der Waals surface area (Å²) < 4.78 is 5.40. The summed E-state index contributed by atoms with van der Waals surface area (Å²) in [5.74, 6) is -0.272. The van der Waals surface area contributed by atoms with Gasteiger partial charge in [0.2, 0.25) is 5.91 Å². The van der Waals surface area contributed by atoms with Crippen molar-refractivity contribution in [1.82, 2.24) is 9.80 Å². The average molecular weight is 269 g/mol. The van der Waals surface area contributed by atoms with Gasteiger partial charge in [0.1, 0.15) is 5.60 Å². The fraction of sp³-hybridized carbons (Fsp3) is 0.846. The predicted molar refractivity (Wildman–Crippen MR) is 70.5 cm³/mol. The van der Waals surface area contributed by atoms with Crippen molar-refractivity contribution < 1.29 is 14.3 Å². The van der Waals surface area contributed by atoms with Crippen molar-refractivity contribution in [3.05, 3.63) is 0 Å². The van der Waals surface area contributed by atoms with Crippen LogP contribution in [-0.4, -0.2) is 59.1 Å². The lowest BCUT2D eigenvalue weighted by Gasteiger charge is -2.35. The fourth-order valence-electron chi connectivity index (χ4n) is 2.82. The summed E-state index contributed by atoms with van der Waals surface area (Å²) in [4.78, 5) is 26.9. The summed E-state index contributed by atoms with van der Waals surface area (Å²) in [6.45, 7) is 7.82. The summed E-state index contributed by atoms with van der Waals surface area (Å²) in [6, 6.07) is 0.560. The van der Waals surface area contributed by atoms with Crippen molar-refractivity contribution in [3.63, 3.8) is 0 Å². The molecule has 6 heteroatoms. The molecule has 108 valence electrons. The SMILES string of the molecule is CC(C)(C)OC(=O)N1C[C@@H]2C[C@H]1CN2CCC(N)=O. The Kier molecular flexibility index (Phi) is 3.71. The number of nitrogens with zero attached hydrogens (tertiary/aromatic N) is 2. The van der Waals surface area contributed by atoms with E-state index in [2.05, 4.69) is 4.90 Å². The Balaban J connectivity index is 1.85. The third-order valence-electron chi connectivity index (χ3n) is 3.63. The van der Waals surface area contributed by atoms with Crippen LogP contribution in [0.1, 0.15) is 33.6 Å². The zero-order chi connectivity index (χ0) is 14.2. The number of fused-ring (bicyclic) bond motifs is 2. The smallest absolute Gasteiger partial charge is 0.410 e. The summed E-state index contributed by atoms with van der Waals surface area (Å²) in [5, 5.41) is 0. The predicted octanol–water partition coefficient (Wildman–Crippen LogP) is 0.555. The molecule has 6 nitrogen and oxygen atoms in total. The van der Waals surface area contributed by atoms with Gasteiger partial charge >= 0.3 is 6.09 Å². The Morgan fingerprint density at radius 3 is 2.42 bits per heavy atom. The highest BCUT2D eigenvalue weighted by Crippen LogP contribution is 2.31. The zero-order valence-corrected chi connectivity index (χ0v) is 11.9. The number of carbonyl (C=O) groups excluding carboxylic acids is 2. The van der Waals surface area contributed by atoms with E-state index in [1.54, 1.807) is 0 Å². The van der Waals surface area contributed by atoms with Gasteiger partial charge in [-0.25, -0.2) is 4.79 Å². The van der Waals surface area contributed by atoms with Crippen LogP contribution in [0.3, 0.4) is 0 Å². The third-order valence-corrected chi connectivity index (χ3v) is 3.63. The van der Waals surface area contributed by atoms with E-state index in [1.165, 1.54) is 0 Å². The minimum Gasteiger partial charge on any atom is -0.444 e. The molecule has 2 saturated heterocycles. The van der Waals surface area contributed by atoms with Crippen LogP contribution in [0, 0.1) is 0 Å². The summed E-state index contributed by atoms with van der Waals surface area (Å²) in [5.41, 5.74) is 4.71. The van der Waals surface area contributed by atoms with E-state index in [9.17, 15) is 9.59 Å². The van der Waals surface area contributed by atoms with Crippen LogP contribution in [0.5, 0.6) is 0 Å². The maximum atomic E-state index is 12.0. The number of hydrogen-bond donors (Lipinski definition) is 1. The first kappa shape index (κ1) is 14.1. The normalized spacial score (nSPS) is 26.8. The van der Waals surface area contributed by atoms with Crippen molar-refractivity contribution >= 4 is 12.0 Å².